The van der Waals surface area contributed by atoms with Crippen molar-refractivity contribution in [3.8, 4) is 0 Å². The number of aromatic nitrogens is 1. The fourth-order valence-corrected chi connectivity index (χ4v) is 1.66. The third kappa shape index (κ3) is 4.15. The van der Waals surface area contributed by atoms with Gasteiger partial charge in [0.25, 0.3) is 0 Å². The van der Waals surface area contributed by atoms with Gasteiger partial charge in [0.05, 0.1) is 10.6 Å². The molecule has 1 N–H and O–H groups in total. The molecule has 0 saturated carbocycles. The van der Waals surface area contributed by atoms with Gasteiger partial charge in [-0.25, -0.2) is 0 Å². The summed E-state index contributed by atoms with van der Waals surface area (Å²) in [4.78, 5) is 1.11. The van der Waals surface area contributed by atoms with Gasteiger partial charge < -0.3 is 4.52 Å². The minimum absolute atomic E-state index is 0.890. The minimum Gasteiger partial charge on any atom is -0.360 e. The molecular formula is C10H20N2OS. The Morgan fingerprint density at radius 3 is 2.43 bits per heavy atom. The molecular weight excluding hydrogens is 196 g/mol. The summed E-state index contributed by atoms with van der Waals surface area (Å²) < 4.78 is 8.25. The summed E-state index contributed by atoms with van der Waals surface area (Å²) in [6.07, 6.45) is 1.14. The molecule has 1 aromatic rings. The third-order valence-electron chi connectivity index (χ3n) is 1.49. The zero-order valence-electron chi connectivity index (χ0n) is 9.68. The standard InChI is InChI=1S/C8H14N2OS.C2H6/c1-4-5-9-12-8-6(2)10-11-7(8)3;1-2/h9H,4-5H2,1-3H3;1-2H3. The highest BCUT2D eigenvalue weighted by atomic mass is 32.2. The van der Waals surface area contributed by atoms with Crippen LogP contribution in [-0.2, 0) is 0 Å². The van der Waals surface area contributed by atoms with E-state index >= 15 is 0 Å². The second-order valence-corrected chi connectivity index (χ2v) is 3.55. The van der Waals surface area contributed by atoms with Crippen LogP contribution in [0.4, 0.5) is 0 Å². The quantitative estimate of drug-likeness (QED) is 0.619. The molecule has 0 amide bonds. The smallest absolute Gasteiger partial charge is 0.148 e. The van der Waals surface area contributed by atoms with E-state index < -0.39 is 0 Å². The predicted octanol–water partition coefficient (Wildman–Crippen LogP) is 3.32. The number of rotatable bonds is 4. The zero-order chi connectivity index (χ0) is 11.0. The Hall–Kier alpha value is -0.480. The van der Waals surface area contributed by atoms with Crippen LogP contribution in [0.2, 0.25) is 0 Å². The number of aryl methyl sites for hydroxylation is 2. The Kier molecular flexibility index (Phi) is 7.61. The van der Waals surface area contributed by atoms with Crippen LogP contribution < -0.4 is 4.72 Å². The molecule has 3 nitrogen and oxygen atoms in total. The molecule has 0 unspecified atom stereocenters. The van der Waals surface area contributed by atoms with Gasteiger partial charge >= 0.3 is 0 Å². The molecule has 4 heteroatoms. The van der Waals surface area contributed by atoms with Crippen LogP contribution in [-0.4, -0.2) is 11.7 Å². The van der Waals surface area contributed by atoms with Gasteiger partial charge in [0.2, 0.25) is 0 Å². The highest BCUT2D eigenvalue weighted by Gasteiger charge is 2.08. The molecule has 0 aromatic carbocycles. The Bertz CT molecular complexity index is 229. The van der Waals surface area contributed by atoms with Crippen LogP contribution in [0.1, 0.15) is 38.6 Å². The summed E-state index contributed by atoms with van der Waals surface area (Å²) in [5.41, 5.74) is 0.959. The molecule has 0 saturated heterocycles. The van der Waals surface area contributed by atoms with Gasteiger partial charge in [-0.2, -0.15) is 0 Å². The van der Waals surface area contributed by atoms with Crippen molar-refractivity contribution in [2.75, 3.05) is 6.54 Å². The zero-order valence-corrected chi connectivity index (χ0v) is 10.5. The van der Waals surface area contributed by atoms with Crippen molar-refractivity contribution >= 4 is 11.9 Å². The lowest BCUT2D eigenvalue weighted by atomic mass is 10.4. The van der Waals surface area contributed by atoms with E-state index in [1.807, 2.05) is 27.7 Å². The third-order valence-corrected chi connectivity index (χ3v) is 2.63. The van der Waals surface area contributed by atoms with Gasteiger partial charge in [-0.1, -0.05) is 25.9 Å². The first-order valence-electron chi connectivity index (χ1n) is 5.08. The van der Waals surface area contributed by atoms with Crippen molar-refractivity contribution in [3.05, 3.63) is 11.5 Å². The maximum Gasteiger partial charge on any atom is 0.148 e. The van der Waals surface area contributed by atoms with Crippen molar-refractivity contribution < 1.29 is 4.52 Å². The van der Waals surface area contributed by atoms with Crippen LogP contribution >= 0.6 is 11.9 Å². The van der Waals surface area contributed by atoms with E-state index in [1.165, 1.54) is 0 Å². The van der Waals surface area contributed by atoms with E-state index in [9.17, 15) is 0 Å². The van der Waals surface area contributed by atoms with Crippen LogP contribution in [0.25, 0.3) is 0 Å². The Labute approximate surface area is 90.8 Å². The first-order chi connectivity index (χ1) is 6.75. The molecule has 0 bridgehead atoms. The molecule has 0 aliphatic heterocycles. The van der Waals surface area contributed by atoms with E-state index in [0.29, 0.717) is 0 Å². The van der Waals surface area contributed by atoms with Crippen molar-refractivity contribution in [2.24, 2.45) is 0 Å². The molecule has 0 aliphatic rings. The molecule has 1 aromatic heterocycles. The Balaban J connectivity index is 0.000000791. The first-order valence-corrected chi connectivity index (χ1v) is 5.90. The van der Waals surface area contributed by atoms with Crippen molar-refractivity contribution in [1.29, 1.82) is 0 Å². The lowest BCUT2D eigenvalue weighted by molar-refractivity contribution is 0.391. The topological polar surface area (TPSA) is 38.1 Å². The van der Waals surface area contributed by atoms with Gasteiger partial charge in [-0.3, -0.25) is 4.72 Å². The van der Waals surface area contributed by atoms with Crippen LogP contribution in [0.3, 0.4) is 0 Å². The van der Waals surface area contributed by atoms with E-state index in [0.717, 1.165) is 29.3 Å². The molecule has 0 atom stereocenters. The summed E-state index contributed by atoms with van der Waals surface area (Å²) in [6, 6.07) is 0. The Morgan fingerprint density at radius 2 is 2.00 bits per heavy atom. The normalized spacial score (nSPS) is 9.50. The lowest BCUT2D eigenvalue weighted by Gasteiger charge is -1.99. The maximum atomic E-state index is 5.02. The number of hydrogen-bond acceptors (Lipinski definition) is 4. The second kappa shape index (κ2) is 7.88. The lowest BCUT2D eigenvalue weighted by Crippen LogP contribution is -2.03. The summed E-state index contributed by atoms with van der Waals surface area (Å²) in [6.45, 7) is 11.0. The number of hydrogen-bond donors (Lipinski definition) is 1. The molecule has 0 aliphatic carbocycles. The van der Waals surface area contributed by atoms with Crippen LogP contribution in [0, 0.1) is 13.8 Å². The van der Waals surface area contributed by atoms with E-state index in [-0.39, 0.29) is 0 Å². The summed E-state index contributed by atoms with van der Waals surface area (Å²) in [7, 11) is 0. The molecule has 82 valence electrons. The summed E-state index contributed by atoms with van der Waals surface area (Å²) in [5.74, 6) is 0.890. The second-order valence-electron chi connectivity index (χ2n) is 2.65. The van der Waals surface area contributed by atoms with Crippen LogP contribution in [0.15, 0.2) is 9.42 Å². The van der Waals surface area contributed by atoms with Crippen molar-refractivity contribution in [1.82, 2.24) is 9.88 Å². The molecule has 0 radical (unpaired) electrons. The minimum atomic E-state index is 0.890. The average Bonchev–Trinajstić information content (AvgIpc) is 2.52. The van der Waals surface area contributed by atoms with Crippen LogP contribution in [0.5, 0.6) is 0 Å². The van der Waals surface area contributed by atoms with Crippen molar-refractivity contribution in [3.63, 3.8) is 0 Å². The molecule has 0 spiro atoms. The molecule has 1 heterocycles. The predicted molar refractivity (Wildman–Crippen MR) is 61.5 cm³/mol. The van der Waals surface area contributed by atoms with Gasteiger partial charge in [-0.15, -0.1) is 0 Å². The molecule has 0 fully saturated rings. The van der Waals surface area contributed by atoms with E-state index in [1.54, 1.807) is 11.9 Å². The fourth-order valence-electron chi connectivity index (χ4n) is 0.846. The maximum absolute atomic E-state index is 5.02. The fraction of sp³-hybridized carbons (Fsp3) is 0.700. The summed E-state index contributed by atoms with van der Waals surface area (Å²) in [5, 5.41) is 3.86. The largest absolute Gasteiger partial charge is 0.360 e. The molecule has 1 rings (SSSR count). The number of nitrogens with zero attached hydrogens (tertiary/aromatic N) is 1. The highest BCUT2D eigenvalue weighted by Crippen LogP contribution is 2.22. The first kappa shape index (κ1) is 13.5. The summed E-state index contributed by atoms with van der Waals surface area (Å²) >= 11 is 1.60. The van der Waals surface area contributed by atoms with Crippen molar-refractivity contribution in [2.45, 2.75) is 45.9 Å². The highest BCUT2D eigenvalue weighted by molar-refractivity contribution is 7.97. The van der Waals surface area contributed by atoms with Gasteiger partial charge in [0.15, 0.2) is 0 Å². The van der Waals surface area contributed by atoms with Gasteiger partial charge in [0, 0.05) is 6.54 Å². The Morgan fingerprint density at radius 1 is 1.36 bits per heavy atom. The van der Waals surface area contributed by atoms with Gasteiger partial charge in [0.1, 0.15) is 5.76 Å². The van der Waals surface area contributed by atoms with E-state index in [2.05, 4.69) is 16.8 Å². The average molecular weight is 216 g/mol. The number of nitrogens with one attached hydrogen (secondary N) is 1. The molecule has 14 heavy (non-hydrogen) atoms. The SMILES string of the molecule is CC.CCCNSc1c(C)noc1C. The van der Waals surface area contributed by atoms with Gasteiger partial charge in [-0.05, 0) is 32.2 Å². The van der Waals surface area contributed by atoms with E-state index in [4.69, 9.17) is 4.52 Å². The monoisotopic (exact) mass is 216 g/mol.